The summed E-state index contributed by atoms with van der Waals surface area (Å²) < 4.78 is 0. The first-order valence-electron chi connectivity index (χ1n) is 6.76. The van der Waals surface area contributed by atoms with E-state index in [0.717, 1.165) is 23.5 Å². The lowest BCUT2D eigenvalue weighted by atomic mass is 9.95. The number of rotatable bonds is 1. The molecule has 20 heavy (non-hydrogen) atoms. The van der Waals surface area contributed by atoms with Crippen LogP contribution in [-0.4, -0.2) is 29.5 Å². The number of allylic oxidation sites excluding steroid dienone is 1. The molecular formula is C15H17ClN2O2. The summed E-state index contributed by atoms with van der Waals surface area (Å²) in [4.78, 5) is 13.3. The Hall–Kier alpha value is -1.68. The van der Waals surface area contributed by atoms with Crippen LogP contribution in [0, 0.1) is 0 Å². The molecule has 0 amide bonds. The first kappa shape index (κ1) is 13.3. The van der Waals surface area contributed by atoms with Crippen molar-refractivity contribution in [3.8, 4) is 0 Å². The maximum Gasteiger partial charge on any atom is 0.326 e. The monoisotopic (exact) mass is 292 g/mol. The van der Waals surface area contributed by atoms with Crippen LogP contribution in [0.5, 0.6) is 0 Å². The third-order valence-electron chi connectivity index (χ3n) is 4.07. The highest BCUT2D eigenvalue weighted by molar-refractivity contribution is 6.22. The Kier molecular flexibility index (Phi) is 3.34. The van der Waals surface area contributed by atoms with Gasteiger partial charge >= 0.3 is 5.97 Å². The van der Waals surface area contributed by atoms with Gasteiger partial charge in [0.2, 0.25) is 0 Å². The second kappa shape index (κ2) is 5.02. The average molecular weight is 293 g/mol. The van der Waals surface area contributed by atoms with Crippen molar-refractivity contribution in [2.75, 3.05) is 11.9 Å². The molecule has 0 saturated heterocycles. The topological polar surface area (TPSA) is 52.6 Å². The minimum absolute atomic E-state index is 0.113. The lowest BCUT2D eigenvalue weighted by Gasteiger charge is -2.34. The van der Waals surface area contributed by atoms with Gasteiger partial charge in [0.05, 0.1) is 5.38 Å². The molecule has 3 rings (SSSR count). The van der Waals surface area contributed by atoms with Crippen LogP contribution in [0.1, 0.15) is 18.4 Å². The van der Waals surface area contributed by atoms with Crippen LogP contribution < -0.4 is 10.2 Å². The Morgan fingerprint density at radius 1 is 1.40 bits per heavy atom. The number of fused-ring (bicyclic) bond motifs is 1. The standard InChI is InChI=1S/C15H17ClN2O2/c1-18-13-5-3-2-4-9(13)8-10-11(16)6-7-12(15(19)20)17-14(10)18/h2-5,11-12,17H,6-8H2,1H3,(H,19,20). The number of hydrogen-bond acceptors (Lipinski definition) is 3. The van der Waals surface area contributed by atoms with Gasteiger partial charge in [0.25, 0.3) is 0 Å². The van der Waals surface area contributed by atoms with Crippen molar-refractivity contribution in [1.82, 2.24) is 5.32 Å². The number of anilines is 1. The van der Waals surface area contributed by atoms with E-state index in [1.165, 1.54) is 5.56 Å². The molecule has 1 aromatic rings. The summed E-state index contributed by atoms with van der Waals surface area (Å²) in [6, 6.07) is 7.58. The number of benzene rings is 1. The van der Waals surface area contributed by atoms with E-state index in [4.69, 9.17) is 11.6 Å². The zero-order valence-corrected chi connectivity index (χ0v) is 12.0. The Labute approximate surface area is 123 Å². The summed E-state index contributed by atoms with van der Waals surface area (Å²) in [5.74, 6) is 0.0310. The molecule has 0 aromatic heterocycles. The number of carboxylic acid groups (broad SMARTS) is 1. The Morgan fingerprint density at radius 3 is 2.90 bits per heavy atom. The quantitative estimate of drug-likeness (QED) is 0.780. The van der Waals surface area contributed by atoms with Gasteiger partial charge in [-0.25, -0.2) is 4.79 Å². The fourth-order valence-corrected chi connectivity index (χ4v) is 3.28. The zero-order valence-electron chi connectivity index (χ0n) is 11.3. The number of carboxylic acids is 1. The molecule has 5 heteroatoms. The average Bonchev–Trinajstić information content (AvgIpc) is 2.60. The molecule has 2 aliphatic rings. The summed E-state index contributed by atoms with van der Waals surface area (Å²) in [6.45, 7) is 0. The van der Waals surface area contributed by atoms with Crippen LogP contribution >= 0.6 is 11.6 Å². The van der Waals surface area contributed by atoms with Crippen LogP contribution in [0.2, 0.25) is 0 Å². The Morgan fingerprint density at radius 2 is 2.15 bits per heavy atom. The van der Waals surface area contributed by atoms with Gasteiger partial charge in [-0.05, 0) is 30.0 Å². The van der Waals surface area contributed by atoms with Crippen LogP contribution in [0.15, 0.2) is 35.7 Å². The van der Waals surface area contributed by atoms with E-state index < -0.39 is 12.0 Å². The van der Waals surface area contributed by atoms with Crippen LogP contribution in [0.4, 0.5) is 5.69 Å². The fraction of sp³-hybridized carbons (Fsp3) is 0.400. The van der Waals surface area contributed by atoms with Gasteiger partial charge in [-0.2, -0.15) is 0 Å². The molecule has 2 aliphatic heterocycles. The van der Waals surface area contributed by atoms with Gasteiger partial charge in [0.15, 0.2) is 0 Å². The lowest BCUT2D eigenvalue weighted by molar-refractivity contribution is -0.139. The van der Waals surface area contributed by atoms with E-state index in [9.17, 15) is 9.90 Å². The molecule has 2 atom stereocenters. The minimum atomic E-state index is -0.824. The molecule has 2 unspecified atom stereocenters. The van der Waals surface area contributed by atoms with Crippen LogP contribution in [0.25, 0.3) is 0 Å². The maximum atomic E-state index is 11.3. The third-order valence-corrected chi connectivity index (χ3v) is 4.55. The molecule has 0 fully saturated rings. The summed E-state index contributed by atoms with van der Waals surface area (Å²) in [5.41, 5.74) is 3.43. The van der Waals surface area contributed by atoms with Crippen molar-refractivity contribution < 1.29 is 9.90 Å². The third kappa shape index (κ3) is 2.14. The smallest absolute Gasteiger partial charge is 0.326 e. The Bertz CT molecular complexity index is 585. The highest BCUT2D eigenvalue weighted by Crippen LogP contribution is 2.36. The fourth-order valence-electron chi connectivity index (χ4n) is 2.97. The Balaban J connectivity index is 2.02. The van der Waals surface area contributed by atoms with Crippen LogP contribution in [0.3, 0.4) is 0 Å². The number of hydrogen-bond donors (Lipinski definition) is 2. The minimum Gasteiger partial charge on any atom is -0.480 e. The van der Waals surface area contributed by atoms with E-state index in [-0.39, 0.29) is 5.38 Å². The molecule has 4 nitrogen and oxygen atoms in total. The number of para-hydroxylation sites is 1. The molecule has 0 saturated carbocycles. The highest BCUT2D eigenvalue weighted by Gasteiger charge is 2.33. The number of alkyl halides is 1. The summed E-state index contributed by atoms with van der Waals surface area (Å²) in [5, 5.41) is 12.3. The van der Waals surface area contributed by atoms with Gasteiger partial charge < -0.3 is 15.3 Å². The molecular weight excluding hydrogens is 276 g/mol. The summed E-state index contributed by atoms with van der Waals surface area (Å²) in [6.07, 6.45) is 2.00. The van der Waals surface area contributed by atoms with E-state index in [1.54, 1.807) is 0 Å². The molecule has 2 N–H and O–H groups in total. The van der Waals surface area contributed by atoms with Crippen molar-refractivity contribution in [3.63, 3.8) is 0 Å². The van der Waals surface area contributed by atoms with Crippen molar-refractivity contribution in [3.05, 3.63) is 41.2 Å². The number of nitrogens with zero attached hydrogens (tertiary/aromatic N) is 1. The highest BCUT2D eigenvalue weighted by atomic mass is 35.5. The molecule has 106 valence electrons. The first-order chi connectivity index (χ1) is 9.58. The zero-order chi connectivity index (χ0) is 14.3. The maximum absolute atomic E-state index is 11.3. The van der Waals surface area contributed by atoms with Gasteiger partial charge in [0.1, 0.15) is 11.9 Å². The van der Waals surface area contributed by atoms with Gasteiger partial charge in [0, 0.05) is 19.2 Å². The number of halogens is 1. The van der Waals surface area contributed by atoms with Gasteiger partial charge in [-0.1, -0.05) is 18.2 Å². The number of carbonyl (C=O) groups is 1. The molecule has 1 aromatic carbocycles. The second-order valence-corrected chi connectivity index (χ2v) is 5.85. The predicted octanol–water partition coefficient (Wildman–Crippen LogP) is 2.33. The van der Waals surface area contributed by atoms with Crippen molar-refractivity contribution >= 4 is 23.3 Å². The molecule has 0 aliphatic carbocycles. The predicted molar refractivity (Wildman–Crippen MR) is 79.0 cm³/mol. The van der Waals surface area contributed by atoms with E-state index >= 15 is 0 Å². The van der Waals surface area contributed by atoms with Crippen molar-refractivity contribution in [2.45, 2.75) is 30.7 Å². The molecule has 2 heterocycles. The SMILES string of the molecule is CN1C2=C(Cc3ccccc31)C(Cl)CCC(C(=O)O)N2. The summed E-state index contributed by atoms with van der Waals surface area (Å²) in [7, 11) is 1.95. The molecule has 0 radical (unpaired) electrons. The molecule has 0 spiro atoms. The van der Waals surface area contributed by atoms with Crippen molar-refractivity contribution in [2.24, 2.45) is 0 Å². The van der Waals surface area contributed by atoms with E-state index in [1.807, 2.05) is 30.1 Å². The van der Waals surface area contributed by atoms with Crippen molar-refractivity contribution in [1.29, 1.82) is 0 Å². The lowest BCUT2D eigenvalue weighted by Crippen LogP contribution is -2.42. The molecule has 0 bridgehead atoms. The van der Waals surface area contributed by atoms with Crippen LogP contribution in [-0.2, 0) is 11.2 Å². The summed E-state index contributed by atoms with van der Waals surface area (Å²) >= 11 is 6.48. The van der Waals surface area contributed by atoms with E-state index in [2.05, 4.69) is 11.4 Å². The first-order valence-corrected chi connectivity index (χ1v) is 7.19. The van der Waals surface area contributed by atoms with Gasteiger partial charge in [-0.15, -0.1) is 11.6 Å². The number of aliphatic carboxylic acids is 1. The second-order valence-electron chi connectivity index (χ2n) is 5.32. The largest absolute Gasteiger partial charge is 0.480 e. The normalized spacial score (nSPS) is 25.4. The van der Waals surface area contributed by atoms with Gasteiger partial charge in [-0.3, -0.25) is 0 Å². The number of nitrogens with one attached hydrogen (secondary N) is 1. The van der Waals surface area contributed by atoms with E-state index in [0.29, 0.717) is 12.8 Å².